The van der Waals surface area contributed by atoms with Crippen molar-refractivity contribution < 1.29 is 9.53 Å². The molecule has 0 radical (unpaired) electrons. The fraction of sp³-hybridized carbons (Fsp3) is 0.409. The summed E-state index contributed by atoms with van der Waals surface area (Å²) in [5.41, 5.74) is 5.92. The lowest BCUT2D eigenvalue weighted by molar-refractivity contribution is -0.122. The van der Waals surface area contributed by atoms with Crippen molar-refractivity contribution in [3.8, 4) is 5.75 Å². The van der Waals surface area contributed by atoms with Gasteiger partial charge >= 0.3 is 0 Å². The third kappa shape index (κ3) is 4.04. The summed E-state index contributed by atoms with van der Waals surface area (Å²) < 4.78 is 5.92. The first-order valence-corrected chi connectivity index (χ1v) is 9.26. The average Bonchev–Trinajstić information content (AvgIpc) is 2.63. The van der Waals surface area contributed by atoms with Crippen LogP contribution in [0.4, 0.5) is 5.69 Å². The van der Waals surface area contributed by atoms with E-state index in [9.17, 15) is 4.79 Å². The molecule has 0 saturated carbocycles. The smallest absolute Gasteiger partial charge is 0.265 e. The fourth-order valence-electron chi connectivity index (χ4n) is 3.47. The van der Waals surface area contributed by atoms with E-state index in [0.29, 0.717) is 0 Å². The standard InChI is InChI=1S/C22H27NO2/c1-4-17-11-7-8-15(2)21(17)23-22(24)16(3)25-20-13-12-18-9-5-6-10-19(18)14-20/h7-8,11-14,16H,4-6,9-10H2,1-3H3,(H,23,24)/t16-/m1/s1. The van der Waals surface area contributed by atoms with E-state index in [0.717, 1.165) is 41.8 Å². The molecule has 0 aliphatic heterocycles. The van der Waals surface area contributed by atoms with Gasteiger partial charge in [-0.3, -0.25) is 4.79 Å². The predicted molar refractivity (Wildman–Crippen MR) is 102 cm³/mol. The van der Waals surface area contributed by atoms with Crippen molar-refractivity contribution >= 4 is 11.6 Å². The minimum absolute atomic E-state index is 0.110. The number of hydrogen-bond acceptors (Lipinski definition) is 2. The van der Waals surface area contributed by atoms with E-state index in [-0.39, 0.29) is 5.91 Å². The average molecular weight is 337 g/mol. The van der Waals surface area contributed by atoms with Gasteiger partial charge < -0.3 is 10.1 Å². The minimum Gasteiger partial charge on any atom is -0.481 e. The van der Waals surface area contributed by atoms with Crippen LogP contribution in [0.1, 0.15) is 48.9 Å². The zero-order valence-corrected chi connectivity index (χ0v) is 15.4. The van der Waals surface area contributed by atoms with Gasteiger partial charge in [0.15, 0.2) is 6.10 Å². The molecule has 0 heterocycles. The number of carbonyl (C=O) groups is 1. The molecule has 2 aromatic carbocycles. The molecule has 3 heteroatoms. The monoisotopic (exact) mass is 337 g/mol. The molecule has 132 valence electrons. The summed E-state index contributed by atoms with van der Waals surface area (Å²) in [6, 6.07) is 12.3. The van der Waals surface area contributed by atoms with Crippen LogP contribution in [0.3, 0.4) is 0 Å². The Morgan fingerprint density at radius 3 is 2.68 bits per heavy atom. The van der Waals surface area contributed by atoms with Gasteiger partial charge in [-0.1, -0.05) is 31.2 Å². The molecular formula is C22H27NO2. The summed E-state index contributed by atoms with van der Waals surface area (Å²) >= 11 is 0. The Balaban J connectivity index is 1.69. The molecule has 1 atom stereocenters. The van der Waals surface area contributed by atoms with Crippen LogP contribution in [0, 0.1) is 6.92 Å². The molecule has 0 bridgehead atoms. The van der Waals surface area contributed by atoms with E-state index < -0.39 is 6.10 Å². The van der Waals surface area contributed by atoms with Gasteiger partial charge in [-0.2, -0.15) is 0 Å². The van der Waals surface area contributed by atoms with E-state index in [1.165, 1.54) is 24.0 Å². The molecule has 0 unspecified atom stereocenters. The minimum atomic E-state index is -0.536. The summed E-state index contributed by atoms with van der Waals surface area (Å²) in [4.78, 5) is 12.6. The number of fused-ring (bicyclic) bond motifs is 1. The molecule has 1 N–H and O–H groups in total. The van der Waals surface area contributed by atoms with E-state index in [1.807, 2.05) is 25.1 Å². The summed E-state index contributed by atoms with van der Waals surface area (Å²) in [5, 5.41) is 3.05. The molecule has 25 heavy (non-hydrogen) atoms. The molecule has 3 nitrogen and oxygen atoms in total. The highest BCUT2D eigenvalue weighted by molar-refractivity contribution is 5.95. The Bertz CT molecular complexity index is 767. The van der Waals surface area contributed by atoms with Crippen molar-refractivity contribution in [2.24, 2.45) is 0 Å². The summed E-state index contributed by atoms with van der Waals surface area (Å²) in [6.07, 6.45) is 5.11. The van der Waals surface area contributed by atoms with E-state index in [2.05, 4.69) is 30.4 Å². The Morgan fingerprint density at radius 1 is 1.16 bits per heavy atom. The van der Waals surface area contributed by atoms with Crippen LogP contribution >= 0.6 is 0 Å². The first-order valence-electron chi connectivity index (χ1n) is 9.26. The lowest BCUT2D eigenvalue weighted by Crippen LogP contribution is -2.30. The number of ether oxygens (including phenoxy) is 1. The van der Waals surface area contributed by atoms with Gasteiger partial charge in [-0.25, -0.2) is 0 Å². The Kier molecular flexibility index (Phi) is 5.42. The predicted octanol–water partition coefficient (Wildman–Crippen LogP) is 4.84. The molecule has 1 aliphatic rings. The SMILES string of the molecule is CCc1cccc(C)c1NC(=O)[C@@H](C)Oc1ccc2c(c1)CCCC2. The number of nitrogens with one attached hydrogen (secondary N) is 1. The van der Waals surface area contributed by atoms with Crippen molar-refractivity contribution in [1.82, 2.24) is 0 Å². The molecule has 0 saturated heterocycles. The molecular weight excluding hydrogens is 310 g/mol. The zero-order chi connectivity index (χ0) is 17.8. The number of anilines is 1. The highest BCUT2D eigenvalue weighted by atomic mass is 16.5. The van der Waals surface area contributed by atoms with Crippen molar-refractivity contribution in [3.05, 3.63) is 58.7 Å². The first-order chi connectivity index (χ1) is 12.1. The summed E-state index contributed by atoms with van der Waals surface area (Å²) in [7, 11) is 0. The highest BCUT2D eigenvalue weighted by Gasteiger charge is 2.18. The van der Waals surface area contributed by atoms with Crippen LogP contribution < -0.4 is 10.1 Å². The third-order valence-corrected chi connectivity index (χ3v) is 4.99. The van der Waals surface area contributed by atoms with Crippen LogP contribution in [-0.2, 0) is 24.1 Å². The Hall–Kier alpha value is -2.29. The van der Waals surface area contributed by atoms with Gasteiger partial charge in [0.1, 0.15) is 5.75 Å². The molecule has 0 aromatic heterocycles. The number of rotatable bonds is 5. The van der Waals surface area contributed by atoms with Crippen LogP contribution in [0.5, 0.6) is 5.75 Å². The maximum absolute atomic E-state index is 12.6. The second kappa shape index (κ2) is 7.73. The number of carbonyl (C=O) groups excluding carboxylic acids is 1. The molecule has 1 aliphatic carbocycles. The van der Waals surface area contributed by atoms with Crippen LogP contribution in [0.2, 0.25) is 0 Å². The lowest BCUT2D eigenvalue weighted by Gasteiger charge is -2.20. The Labute approximate surface area is 150 Å². The van der Waals surface area contributed by atoms with Gasteiger partial charge in [0.2, 0.25) is 0 Å². The van der Waals surface area contributed by atoms with Crippen molar-refractivity contribution in [2.75, 3.05) is 5.32 Å². The molecule has 3 rings (SSSR count). The van der Waals surface area contributed by atoms with Gasteiger partial charge in [0.05, 0.1) is 0 Å². The fourth-order valence-corrected chi connectivity index (χ4v) is 3.47. The van der Waals surface area contributed by atoms with Crippen LogP contribution in [0.25, 0.3) is 0 Å². The topological polar surface area (TPSA) is 38.3 Å². The second-order valence-corrected chi connectivity index (χ2v) is 6.85. The number of aryl methyl sites for hydroxylation is 4. The van der Waals surface area contributed by atoms with E-state index in [1.54, 1.807) is 6.92 Å². The van der Waals surface area contributed by atoms with Crippen molar-refractivity contribution in [2.45, 2.75) is 59.0 Å². The molecule has 1 amide bonds. The zero-order valence-electron chi connectivity index (χ0n) is 15.4. The van der Waals surface area contributed by atoms with Crippen LogP contribution in [-0.4, -0.2) is 12.0 Å². The number of hydrogen-bond donors (Lipinski definition) is 1. The number of amides is 1. The van der Waals surface area contributed by atoms with Crippen molar-refractivity contribution in [1.29, 1.82) is 0 Å². The summed E-state index contributed by atoms with van der Waals surface area (Å²) in [5.74, 6) is 0.672. The molecule has 0 spiro atoms. The maximum Gasteiger partial charge on any atom is 0.265 e. The van der Waals surface area contributed by atoms with Crippen LogP contribution in [0.15, 0.2) is 36.4 Å². The summed E-state index contributed by atoms with van der Waals surface area (Å²) in [6.45, 7) is 5.92. The van der Waals surface area contributed by atoms with Gasteiger partial charge in [-0.05, 0) is 80.3 Å². The van der Waals surface area contributed by atoms with E-state index >= 15 is 0 Å². The van der Waals surface area contributed by atoms with E-state index in [4.69, 9.17) is 4.74 Å². The highest BCUT2D eigenvalue weighted by Crippen LogP contribution is 2.26. The number of para-hydroxylation sites is 1. The quantitative estimate of drug-likeness (QED) is 0.847. The second-order valence-electron chi connectivity index (χ2n) is 6.85. The number of benzene rings is 2. The Morgan fingerprint density at radius 2 is 1.92 bits per heavy atom. The van der Waals surface area contributed by atoms with Gasteiger partial charge in [-0.15, -0.1) is 0 Å². The van der Waals surface area contributed by atoms with Gasteiger partial charge in [0, 0.05) is 5.69 Å². The maximum atomic E-state index is 12.6. The van der Waals surface area contributed by atoms with Crippen molar-refractivity contribution in [3.63, 3.8) is 0 Å². The molecule has 0 fully saturated rings. The molecule has 2 aromatic rings. The third-order valence-electron chi connectivity index (χ3n) is 4.99. The van der Waals surface area contributed by atoms with Gasteiger partial charge in [0.25, 0.3) is 5.91 Å². The normalized spacial score (nSPS) is 14.5. The largest absolute Gasteiger partial charge is 0.481 e. The lowest BCUT2D eigenvalue weighted by atomic mass is 9.92. The first kappa shape index (κ1) is 17.5.